The molecule has 0 bridgehead atoms. The molecule has 0 aliphatic rings. The van der Waals surface area contributed by atoms with E-state index in [1.54, 1.807) is 43.0 Å². The lowest BCUT2D eigenvalue weighted by molar-refractivity contribution is -0.118. The van der Waals surface area contributed by atoms with Gasteiger partial charge >= 0.3 is 0 Å². The number of carbonyl (C=O) groups is 1. The van der Waals surface area contributed by atoms with Gasteiger partial charge in [0.25, 0.3) is 5.91 Å². The Labute approximate surface area is 148 Å². The molecule has 0 aliphatic heterocycles. The molecule has 0 atom stereocenters. The second-order valence-electron chi connectivity index (χ2n) is 4.90. The van der Waals surface area contributed by atoms with Crippen LogP contribution in [0.15, 0.2) is 61.2 Å². The first kappa shape index (κ1) is 16.4. The molecule has 1 aromatic heterocycles. The molecule has 3 aromatic rings. The number of para-hydroxylation sites is 2. The zero-order valence-electron chi connectivity index (χ0n) is 12.4. The molecule has 0 fully saturated rings. The van der Waals surface area contributed by atoms with E-state index >= 15 is 0 Å². The molecule has 0 saturated heterocycles. The van der Waals surface area contributed by atoms with Gasteiger partial charge < -0.3 is 14.6 Å². The number of benzene rings is 2. The zero-order chi connectivity index (χ0) is 16.9. The smallest absolute Gasteiger partial charge is 0.262 e. The van der Waals surface area contributed by atoms with Crippen molar-refractivity contribution < 1.29 is 9.53 Å². The third-order valence-electron chi connectivity index (χ3n) is 3.21. The van der Waals surface area contributed by atoms with Gasteiger partial charge in [-0.05, 0) is 24.3 Å². The van der Waals surface area contributed by atoms with Crippen LogP contribution in [0.4, 0.5) is 5.69 Å². The number of halogens is 2. The molecular weight excluding hydrogens is 349 g/mol. The van der Waals surface area contributed by atoms with Gasteiger partial charge in [-0.25, -0.2) is 4.98 Å². The highest BCUT2D eigenvalue weighted by Gasteiger charge is 2.10. The average Bonchev–Trinajstić information content (AvgIpc) is 3.10. The van der Waals surface area contributed by atoms with Gasteiger partial charge in [-0.2, -0.15) is 0 Å². The van der Waals surface area contributed by atoms with Crippen molar-refractivity contribution in [3.63, 3.8) is 0 Å². The lowest BCUT2D eigenvalue weighted by atomic mass is 10.2. The first-order chi connectivity index (χ1) is 11.6. The molecule has 3 rings (SSSR count). The first-order valence-electron chi connectivity index (χ1n) is 7.08. The minimum atomic E-state index is -0.307. The minimum Gasteiger partial charge on any atom is -0.482 e. The van der Waals surface area contributed by atoms with Crippen LogP contribution in [0, 0.1) is 0 Å². The highest BCUT2D eigenvalue weighted by Crippen LogP contribution is 2.27. The SMILES string of the molecule is O=C(COc1cc(Cl)ccc1Cl)Nc1ccccc1-n1ccnc1. The summed E-state index contributed by atoms with van der Waals surface area (Å²) in [4.78, 5) is 16.2. The molecule has 0 spiro atoms. The van der Waals surface area contributed by atoms with Crippen molar-refractivity contribution >= 4 is 34.8 Å². The van der Waals surface area contributed by atoms with Crippen molar-refractivity contribution in [1.29, 1.82) is 0 Å². The van der Waals surface area contributed by atoms with E-state index in [2.05, 4.69) is 10.3 Å². The summed E-state index contributed by atoms with van der Waals surface area (Å²) in [6.07, 6.45) is 5.13. The van der Waals surface area contributed by atoms with Crippen molar-refractivity contribution in [1.82, 2.24) is 9.55 Å². The molecule has 1 amide bonds. The fraction of sp³-hybridized carbons (Fsp3) is 0.0588. The van der Waals surface area contributed by atoms with Crippen molar-refractivity contribution in [3.8, 4) is 11.4 Å². The van der Waals surface area contributed by atoms with E-state index in [0.717, 1.165) is 5.69 Å². The van der Waals surface area contributed by atoms with E-state index in [0.29, 0.717) is 21.5 Å². The molecule has 1 N–H and O–H groups in total. The molecule has 0 aliphatic carbocycles. The monoisotopic (exact) mass is 361 g/mol. The summed E-state index contributed by atoms with van der Waals surface area (Å²) in [5.41, 5.74) is 1.46. The van der Waals surface area contributed by atoms with E-state index in [1.165, 1.54) is 0 Å². The molecule has 0 radical (unpaired) electrons. The van der Waals surface area contributed by atoms with Crippen molar-refractivity contribution in [2.24, 2.45) is 0 Å². The molecule has 1 heterocycles. The minimum absolute atomic E-state index is 0.182. The fourth-order valence-corrected chi connectivity index (χ4v) is 2.46. The van der Waals surface area contributed by atoms with Gasteiger partial charge in [0.05, 0.1) is 22.7 Å². The number of aromatic nitrogens is 2. The van der Waals surface area contributed by atoms with Crippen molar-refractivity contribution in [2.45, 2.75) is 0 Å². The summed E-state index contributed by atoms with van der Waals surface area (Å²) >= 11 is 11.9. The number of hydrogen-bond acceptors (Lipinski definition) is 3. The Kier molecular flexibility index (Phi) is 5.03. The van der Waals surface area contributed by atoms with Crippen LogP contribution < -0.4 is 10.1 Å². The predicted octanol–water partition coefficient (Wildman–Crippen LogP) is 4.20. The maximum atomic E-state index is 12.2. The number of amides is 1. The summed E-state index contributed by atoms with van der Waals surface area (Å²) < 4.78 is 7.24. The van der Waals surface area contributed by atoms with Gasteiger partial charge in [-0.3, -0.25) is 4.79 Å². The third-order valence-corrected chi connectivity index (χ3v) is 3.76. The number of rotatable bonds is 5. The highest BCUT2D eigenvalue weighted by atomic mass is 35.5. The lowest BCUT2D eigenvalue weighted by Gasteiger charge is -2.12. The Morgan fingerprint density at radius 1 is 1.21 bits per heavy atom. The van der Waals surface area contributed by atoms with Gasteiger partial charge in [0.1, 0.15) is 5.75 Å². The third kappa shape index (κ3) is 3.88. The number of nitrogens with zero attached hydrogens (tertiary/aromatic N) is 2. The van der Waals surface area contributed by atoms with Crippen LogP contribution in [0.25, 0.3) is 5.69 Å². The number of ether oxygens (including phenoxy) is 1. The summed E-state index contributed by atoms with van der Waals surface area (Å²) in [5.74, 6) is 0.0563. The Balaban J connectivity index is 1.69. The number of nitrogens with one attached hydrogen (secondary N) is 1. The van der Waals surface area contributed by atoms with E-state index in [4.69, 9.17) is 27.9 Å². The summed E-state index contributed by atoms with van der Waals surface area (Å²) in [7, 11) is 0. The van der Waals surface area contributed by atoms with Crippen LogP contribution in [0.1, 0.15) is 0 Å². The molecule has 0 unspecified atom stereocenters. The largest absolute Gasteiger partial charge is 0.482 e. The van der Waals surface area contributed by atoms with Crippen molar-refractivity contribution in [3.05, 3.63) is 71.2 Å². The van der Waals surface area contributed by atoms with E-state index in [9.17, 15) is 4.79 Å². The molecule has 7 heteroatoms. The average molecular weight is 362 g/mol. The summed E-state index contributed by atoms with van der Waals surface area (Å²) in [6, 6.07) is 12.2. The molecule has 0 saturated carbocycles. The number of imidazole rings is 1. The maximum absolute atomic E-state index is 12.2. The summed E-state index contributed by atoms with van der Waals surface area (Å²) in [5, 5.41) is 3.70. The molecule has 5 nitrogen and oxygen atoms in total. The van der Waals surface area contributed by atoms with Crippen LogP contribution in [-0.2, 0) is 4.79 Å². The van der Waals surface area contributed by atoms with E-state index in [-0.39, 0.29) is 12.5 Å². The second kappa shape index (κ2) is 7.38. The Hall–Kier alpha value is -2.50. The van der Waals surface area contributed by atoms with Gasteiger partial charge in [0.15, 0.2) is 6.61 Å². The lowest BCUT2D eigenvalue weighted by Crippen LogP contribution is -2.21. The number of anilines is 1. The Bertz CT molecular complexity index is 851. The van der Waals surface area contributed by atoms with Crippen LogP contribution in [0.2, 0.25) is 10.0 Å². The van der Waals surface area contributed by atoms with Crippen LogP contribution in [0.3, 0.4) is 0 Å². The quantitative estimate of drug-likeness (QED) is 0.740. The normalized spacial score (nSPS) is 10.4. The fourth-order valence-electron chi connectivity index (χ4n) is 2.12. The number of hydrogen-bond donors (Lipinski definition) is 1. The molecule has 24 heavy (non-hydrogen) atoms. The van der Waals surface area contributed by atoms with Crippen LogP contribution in [0.5, 0.6) is 5.75 Å². The molecule has 122 valence electrons. The van der Waals surface area contributed by atoms with Gasteiger partial charge in [0.2, 0.25) is 0 Å². The van der Waals surface area contributed by atoms with Crippen LogP contribution >= 0.6 is 23.2 Å². The molecular formula is C17H13Cl2N3O2. The van der Waals surface area contributed by atoms with E-state index in [1.807, 2.05) is 22.8 Å². The maximum Gasteiger partial charge on any atom is 0.262 e. The topological polar surface area (TPSA) is 56.1 Å². The van der Waals surface area contributed by atoms with Gasteiger partial charge in [0, 0.05) is 23.5 Å². The Morgan fingerprint density at radius 2 is 2.04 bits per heavy atom. The predicted molar refractivity (Wildman–Crippen MR) is 94.2 cm³/mol. The van der Waals surface area contributed by atoms with E-state index < -0.39 is 0 Å². The first-order valence-corrected chi connectivity index (χ1v) is 7.84. The van der Waals surface area contributed by atoms with Crippen molar-refractivity contribution in [2.75, 3.05) is 11.9 Å². The second-order valence-corrected chi connectivity index (χ2v) is 5.74. The van der Waals surface area contributed by atoms with Gasteiger partial charge in [-0.15, -0.1) is 0 Å². The van der Waals surface area contributed by atoms with Crippen LogP contribution in [-0.4, -0.2) is 22.1 Å². The highest BCUT2D eigenvalue weighted by molar-refractivity contribution is 6.34. The molecule has 2 aromatic carbocycles. The standard InChI is InChI=1S/C17H13Cl2N3O2/c18-12-5-6-13(19)16(9-12)24-10-17(23)21-14-3-1-2-4-15(14)22-8-7-20-11-22/h1-9,11H,10H2,(H,21,23). The summed E-state index contributed by atoms with van der Waals surface area (Å²) in [6.45, 7) is -0.182. The van der Waals surface area contributed by atoms with Gasteiger partial charge in [-0.1, -0.05) is 35.3 Å². The number of carbonyl (C=O) groups excluding carboxylic acids is 1. The Morgan fingerprint density at radius 3 is 2.83 bits per heavy atom. The zero-order valence-corrected chi connectivity index (χ0v) is 14.0.